The van der Waals surface area contributed by atoms with Crippen molar-refractivity contribution in [3.05, 3.63) is 29.3 Å². The normalized spacial score (nSPS) is 10.7. The van der Waals surface area contributed by atoms with Crippen LogP contribution in [-0.4, -0.2) is 41.2 Å². The number of benzene rings is 1. The number of hydrogen-bond donors (Lipinski definition) is 4. The number of nitrogens with zero attached hydrogens (tertiary/aromatic N) is 3. The van der Waals surface area contributed by atoms with Crippen LogP contribution in [0.3, 0.4) is 0 Å². The Labute approximate surface area is 164 Å². The summed E-state index contributed by atoms with van der Waals surface area (Å²) in [4.78, 5) is 45.3. The predicted molar refractivity (Wildman–Crippen MR) is 99.2 cm³/mol. The first-order chi connectivity index (χ1) is 13.1. The number of aromatic nitrogens is 3. The quantitative estimate of drug-likeness (QED) is 0.545. The van der Waals surface area contributed by atoms with E-state index in [1.165, 1.54) is 38.1 Å². The van der Waals surface area contributed by atoms with E-state index < -0.39 is 33.8 Å². The monoisotopic (exact) mass is 427 g/mol. The molecule has 0 aliphatic rings. The van der Waals surface area contributed by atoms with Gasteiger partial charge in [-0.3, -0.25) is 25.5 Å². The standard InChI is InChI=1S/C14H14ClN7O5S/c1-7(23)16-11-18-12(17-8(2)24)20-13(19-11)21-14(25)22-28(26,27)10-6-4-3-5-9(10)15/h3-6H,1-2H3,(H4,16,17,18,19,20,21,22,23,24,25). The molecule has 0 atom stereocenters. The number of rotatable bonds is 5. The Kier molecular flexibility index (Phi) is 6.43. The Balaban J connectivity index is 2.23. The molecule has 4 N–H and O–H groups in total. The number of amides is 4. The lowest BCUT2D eigenvalue weighted by Crippen LogP contribution is -2.35. The molecular weight excluding hydrogens is 414 g/mol. The molecule has 0 fully saturated rings. The lowest BCUT2D eigenvalue weighted by molar-refractivity contribution is -0.115. The molecule has 12 nitrogen and oxygen atoms in total. The third-order valence-corrected chi connectivity index (χ3v) is 4.62. The number of sulfonamides is 1. The molecule has 14 heteroatoms. The van der Waals surface area contributed by atoms with Crippen molar-refractivity contribution in [3.8, 4) is 0 Å². The van der Waals surface area contributed by atoms with Crippen molar-refractivity contribution in [3.63, 3.8) is 0 Å². The maximum atomic E-state index is 12.3. The van der Waals surface area contributed by atoms with E-state index in [1.807, 2.05) is 0 Å². The number of hydrogen-bond acceptors (Lipinski definition) is 8. The molecule has 1 heterocycles. The van der Waals surface area contributed by atoms with Gasteiger partial charge in [-0.25, -0.2) is 17.9 Å². The van der Waals surface area contributed by atoms with Crippen molar-refractivity contribution in [1.29, 1.82) is 0 Å². The average Bonchev–Trinajstić information content (AvgIpc) is 2.52. The molecule has 0 unspecified atom stereocenters. The lowest BCUT2D eigenvalue weighted by Gasteiger charge is -2.10. The summed E-state index contributed by atoms with van der Waals surface area (Å²) >= 11 is 5.83. The molecule has 1 aromatic heterocycles. The molecule has 148 valence electrons. The fourth-order valence-corrected chi connectivity index (χ4v) is 3.25. The van der Waals surface area contributed by atoms with E-state index >= 15 is 0 Å². The van der Waals surface area contributed by atoms with Crippen LogP contribution in [0.25, 0.3) is 0 Å². The zero-order valence-corrected chi connectivity index (χ0v) is 16.1. The van der Waals surface area contributed by atoms with E-state index in [-0.39, 0.29) is 21.8 Å². The fourth-order valence-electron chi connectivity index (χ4n) is 1.83. The van der Waals surface area contributed by atoms with Gasteiger partial charge in [0.15, 0.2) is 0 Å². The van der Waals surface area contributed by atoms with Gasteiger partial charge >= 0.3 is 6.03 Å². The van der Waals surface area contributed by atoms with E-state index in [0.717, 1.165) is 0 Å². The molecule has 0 saturated heterocycles. The summed E-state index contributed by atoms with van der Waals surface area (Å²) in [6.07, 6.45) is 0. The van der Waals surface area contributed by atoms with Gasteiger partial charge in [0.25, 0.3) is 10.0 Å². The Morgan fingerprint density at radius 1 is 0.857 bits per heavy atom. The van der Waals surface area contributed by atoms with Gasteiger partial charge in [0, 0.05) is 13.8 Å². The molecule has 0 aliphatic heterocycles. The average molecular weight is 428 g/mol. The lowest BCUT2D eigenvalue weighted by atomic mass is 10.4. The van der Waals surface area contributed by atoms with Gasteiger partial charge in [-0.15, -0.1) is 0 Å². The van der Waals surface area contributed by atoms with Crippen LogP contribution in [0.15, 0.2) is 29.2 Å². The molecule has 28 heavy (non-hydrogen) atoms. The van der Waals surface area contributed by atoms with Crippen molar-refractivity contribution in [2.45, 2.75) is 18.7 Å². The zero-order valence-electron chi connectivity index (χ0n) is 14.5. The first-order valence-corrected chi connectivity index (χ1v) is 9.32. The van der Waals surface area contributed by atoms with Crippen molar-refractivity contribution >= 4 is 57.3 Å². The second-order valence-corrected chi connectivity index (χ2v) is 7.22. The molecule has 0 radical (unpaired) electrons. The third-order valence-electron chi connectivity index (χ3n) is 2.79. The van der Waals surface area contributed by atoms with Gasteiger partial charge in [-0.1, -0.05) is 23.7 Å². The van der Waals surface area contributed by atoms with Crippen molar-refractivity contribution in [2.75, 3.05) is 16.0 Å². The maximum Gasteiger partial charge on any atom is 0.335 e. The van der Waals surface area contributed by atoms with Crippen LogP contribution in [0.4, 0.5) is 22.6 Å². The van der Waals surface area contributed by atoms with Crippen molar-refractivity contribution in [1.82, 2.24) is 19.7 Å². The summed E-state index contributed by atoms with van der Waals surface area (Å²) in [5.74, 6) is -1.99. The Morgan fingerprint density at radius 3 is 1.79 bits per heavy atom. The summed E-state index contributed by atoms with van der Waals surface area (Å²) in [5, 5.41) is 6.51. The van der Waals surface area contributed by atoms with Gasteiger partial charge in [0.2, 0.25) is 29.7 Å². The predicted octanol–water partition coefficient (Wildman–Crippen LogP) is 0.952. The van der Waals surface area contributed by atoms with E-state index in [1.54, 1.807) is 4.72 Å². The number of anilines is 3. The summed E-state index contributed by atoms with van der Waals surface area (Å²) in [5.41, 5.74) is 0. The Hall–Kier alpha value is -3.32. The SMILES string of the molecule is CC(=O)Nc1nc(NC(C)=O)nc(NC(=O)NS(=O)(=O)c2ccccc2Cl)n1. The summed E-state index contributed by atoms with van der Waals surface area (Å²) < 4.78 is 26.3. The van der Waals surface area contributed by atoms with E-state index in [4.69, 9.17) is 11.6 Å². The molecule has 0 spiro atoms. The number of halogens is 1. The molecule has 1 aromatic carbocycles. The topological polar surface area (TPSA) is 172 Å². The number of urea groups is 1. The minimum Gasteiger partial charge on any atom is -0.295 e. The van der Waals surface area contributed by atoms with E-state index in [9.17, 15) is 22.8 Å². The molecule has 0 saturated carbocycles. The minimum absolute atomic E-state index is 0.0798. The van der Waals surface area contributed by atoms with Crippen molar-refractivity contribution in [2.24, 2.45) is 0 Å². The maximum absolute atomic E-state index is 12.3. The Morgan fingerprint density at radius 2 is 1.32 bits per heavy atom. The van der Waals surface area contributed by atoms with Gasteiger partial charge in [0.05, 0.1) is 5.02 Å². The molecule has 4 amide bonds. The van der Waals surface area contributed by atoms with Crippen molar-refractivity contribution < 1.29 is 22.8 Å². The van der Waals surface area contributed by atoms with Crippen LogP contribution in [-0.2, 0) is 19.6 Å². The van der Waals surface area contributed by atoms with Gasteiger partial charge < -0.3 is 0 Å². The molecule has 2 rings (SSSR count). The van der Waals surface area contributed by atoms with E-state index in [2.05, 4.69) is 30.9 Å². The molecule has 2 aromatic rings. The number of nitrogens with one attached hydrogen (secondary N) is 4. The van der Waals surface area contributed by atoms with Gasteiger partial charge in [0.1, 0.15) is 4.90 Å². The Bertz CT molecular complexity index is 1010. The van der Waals surface area contributed by atoms with Crippen LogP contribution in [0.5, 0.6) is 0 Å². The molecule has 0 bridgehead atoms. The number of carbonyl (C=O) groups is 3. The van der Waals surface area contributed by atoms with Gasteiger partial charge in [-0.2, -0.15) is 15.0 Å². The minimum atomic E-state index is -4.27. The molecule has 0 aliphatic carbocycles. The molecular formula is C14H14ClN7O5S. The van der Waals surface area contributed by atoms with E-state index in [0.29, 0.717) is 0 Å². The highest BCUT2D eigenvalue weighted by atomic mass is 35.5. The highest BCUT2D eigenvalue weighted by Gasteiger charge is 2.21. The van der Waals surface area contributed by atoms with Crippen LogP contribution in [0.2, 0.25) is 5.02 Å². The second kappa shape index (κ2) is 8.58. The fraction of sp³-hybridized carbons (Fsp3) is 0.143. The summed E-state index contributed by atoms with van der Waals surface area (Å²) in [6, 6.07) is 4.32. The largest absolute Gasteiger partial charge is 0.335 e. The van der Waals surface area contributed by atoms with Crippen LogP contribution >= 0.6 is 11.6 Å². The first kappa shape index (κ1) is 21.0. The van der Waals surface area contributed by atoms with Crippen LogP contribution in [0.1, 0.15) is 13.8 Å². The first-order valence-electron chi connectivity index (χ1n) is 7.46. The smallest absolute Gasteiger partial charge is 0.295 e. The second-order valence-electron chi connectivity index (χ2n) is 5.16. The van der Waals surface area contributed by atoms with Crippen LogP contribution in [0, 0.1) is 0 Å². The highest BCUT2D eigenvalue weighted by molar-refractivity contribution is 7.90. The van der Waals surface area contributed by atoms with Gasteiger partial charge in [-0.05, 0) is 12.1 Å². The number of carbonyl (C=O) groups excluding carboxylic acids is 3. The summed E-state index contributed by atoms with van der Waals surface area (Å²) in [6.45, 7) is 2.38. The van der Waals surface area contributed by atoms with Crippen LogP contribution < -0.4 is 20.7 Å². The summed E-state index contributed by atoms with van der Waals surface area (Å²) in [7, 11) is -4.27. The zero-order chi connectivity index (χ0) is 20.9. The highest BCUT2D eigenvalue weighted by Crippen LogP contribution is 2.20. The third kappa shape index (κ3) is 5.85.